The predicted octanol–water partition coefficient (Wildman–Crippen LogP) is 1.16. The molecule has 162 valence electrons. The van der Waals surface area contributed by atoms with Gasteiger partial charge in [0.1, 0.15) is 5.82 Å². The smallest absolute Gasteiger partial charge is 0.241 e. The number of halogens is 1. The van der Waals surface area contributed by atoms with E-state index in [4.69, 9.17) is 0 Å². The Morgan fingerprint density at radius 1 is 1.20 bits per heavy atom. The molecule has 0 spiro atoms. The van der Waals surface area contributed by atoms with Crippen molar-refractivity contribution in [2.24, 2.45) is 11.8 Å². The molecule has 5 rings (SSSR count). The third-order valence-electron chi connectivity index (χ3n) is 7.48. The lowest BCUT2D eigenvalue weighted by Crippen LogP contribution is -2.67. The van der Waals surface area contributed by atoms with Crippen LogP contribution in [0.15, 0.2) is 24.3 Å². The van der Waals surface area contributed by atoms with E-state index in [0.717, 1.165) is 44.5 Å². The van der Waals surface area contributed by atoms with Crippen LogP contribution < -0.4 is 10.6 Å². The van der Waals surface area contributed by atoms with E-state index in [0.29, 0.717) is 31.8 Å². The Balaban J connectivity index is 1.40. The zero-order chi connectivity index (χ0) is 20.7. The topological polar surface area (TPSA) is 64.7 Å². The molecule has 30 heavy (non-hydrogen) atoms. The summed E-state index contributed by atoms with van der Waals surface area (Å²) < 4.78 is 13.8. The molecule has 6 nitrogen and oxygen atoms in total. The number of likely N-dealkylation sites (tertiary alicyclic amines) is 1. The Bertz CT molecular complexity index is 812. The number of amides is 2. The number of piperazine rings is 1. The van der Waals surface area contributed by atoms with E-state index in [9.17, 15) is 14.0 Å². The maximum Gasteiger partial charge on any atom is 0.241 e. The molecule has 2 amide bonds. The first kappa shape index (κ1) is 19.9. The third kappa shape index (κ3) is 3.73. The van der Waals surface area contributed by atoms with Gasteiger partial charge in [0.05, 0.1) is 6.04 Å². The van der Waals surface area contributed by atoms with Crippen LogP contribution >= 0.6 is 0 Å². The summed E-state index contributed by atoms with van der Waals surface area (Å²) in [5.74, 6) is 0.763. The number of nitrogens with zero attached hydrogens (tertiary/aromatic N) is 2. The molecule has 0 aliphatic carbocycles. The highest BCUT2D eigenvalue weighted by Gasteiger charge is 2.50. The number of nitrogens with one attached hydrogen (secondary N) is 2. The van der Waals surface area contributed by atoms with Crippen LogP contribution in [-0.4, -0.2) is 72.5 Å². The molecule has 4 aliphatic rings. The molecule has 0 unspecified atom stereocenters. The summed E-state index contributed by atoms with van der Waals surface area (Å²) in [6, 6.07) is 6.80. The summed E-state index contributed by atoms with van der Waals surface area (Å²) in [4.78, 5) is 30.3. The number of piperidine rings is 3. The van der Waals surface area contributed by atoms with Gasteiger partial charge in [-0.25, -0.2) is 4.39 Å². The minimum absolute atomic E-state index is 0.0360. The first-order valence-corrected chi connectivity index (χ1v) is 11.4. The van der Waals surface area contributed by atoms with Gasteiger partial charge < -0.3 is 20.4 Å². The Labute approximate surface area is 177 Å². The van der Waals surface area contributed by atoms with Crippen LogP contribution in [0.25, 0.3) is 0 Å². The maximum atomic E-state index is 13.8. The largest absolute Gasteiger partial charge is 0.341 e. The molecule has 7 heteroatoms. The average Bonchev–Trinajstić information content (AvgIpc) is 2.77. The summed E-state index contributed by atoms with van der Waals surface area (Å²) in [5.41, 5.74) is 0.928. The molecule has 2 bridgehead atoms. The van der Waals surface area contributed by atoms with E-state index in [1.165, 1.54) is 6.07 Å². The molecule has 0 saturated carbocycles. The maximum absolute atomic E-state index is 13.8. The van der Waals surface area contributed by atoms with Gasteiger partial charge in [0.15, 0.2) is 0 Å². The minimum atomic E-state index is -0.237. The number of hydrogen-bond donors (Lipinski definition) is 2. The minimum Gasteiger partial charge on any atom is -0.341 e. The molecule has 0 aromatic heterocycles. The fourth-order valence-corrected chi connectivity index (χ4v) is 6.17. The van der Waals surface area contributed by atoms with Gasteiger partial charge in [-0.3, -0.25) is 9.59 Å². The number of carbonyl (C=O) groups excluding carboxylic acids is 2. The van der Waals surface area contributed by atoms with E-state index in [1.54, 1.807) is 12.1 Å². The number of rotatable bonds is 3. The average molecular weight is 415 g/mol. The Hall–Kier alpha value is -1.99. The van der Waals surface area contributed by atoms with Crippen LogP contribution in [0.3, 0.4) is 0 Å². The summed E-state index contributed by atoms with van der Waals surface area (Å²) in [7, 11) is 0. The lowest BCUT2D eigenvalue weighted by atomic mass is 9.70. The lowest BCUT2D eigenvalue weighted by molar-refractivity contribution is -0.156. The zero-order valence-electron chi connectivity index (χ0n) is 17.4. The standard InChI is InChI=1S/C23H31FN4O2/c24-18-4-1-3-15(9-18)10-21-17-11-16(20-5-2-6-22(29)28(20)21)13-27(14-17)23(30)19-12-25-7-8-26-19/h1,3-4,9,16-17,19-21,25-26H,2,5-8,10-14H2/t16-,17+,19+,20+,21+/m1/s1. The van der Waals surface area contributed by atoms with Crippen molar-refractivity contribution < 1.29 is 14.0 Å². The lowest BCUT2D eigenvalue weighted by Gasteiger charge is -2.57. The van der Waals surface area contributed by atoms with Gasteiger partial charge in [-0.1, -0.05) is 12.1 Å². The first-order chi connectivity index (χ1) is 14.6. The fraction of sp³-hybridized carbons (Fsp3) is 0.652. The second-order valence-electron chi connectivity index (χ2n) is 9.37. The molecular formula is C23H31FN4O2. The van der Waals surface area contributed by atoms with Crippen LogP contribution in [0.2, 0.25) is 0 Å². The molecule has 4 saturated heterocycles. The third-order valence-corrected chi connectivity index (χ3v) is 7.48. The van der Waals surface area contributed by atoms with Crippen molar-refractivity contribution >= 4 is 11.8 Å². The van der Waals surface area contributed by atoms with Crippen molar-refractivity contribution in [3.8, 4) is 0 Å². The highest BCUT2D eigenvalue weighted by atomic mass is 19.1. The van der Waals surface area contributed by atoms with Crippen molar-refractivity contribution in [1.29, 1.82) is 0 Å². The molecule has 0 radical (unpaired) electrons. The van der Waals surface area contributed by atoms with Gasteiger partial charge in [-0.15, -0.1) is 0 Å². The van der Waals surface area contributed by atoms with Crippen LogP contribution in [0, 0.1) is 17.7 Å². The second-order valence-corrected chi connectivity index (χ2v) is 9.37. The SMILES string of the molecule is O=C([C@@H]1CNCCN1)N1C[C@H]2C[C@@H](C1)[C@H](Cc1cccc(F)c1)N1C(=O)CCC[C@@H]21. The van der Waals surface area contributed by atoms with Crippen molar-refractivity contribution in [2.45, 2.75) is 50.2 Å². The van der Waals surface area contributed by atoms with Crippen molar-refractivity contribution in [2.75, 3.05) is 32.7 Å². The van der Waals surface area contributed by atoms with Crippen molar-refractivity contribution in [3.63, 3.8) is 0 Å². The van der Waals surface area contributed by atoms with Gasteiger partial charge in [0.2, 0.25) is 11.8 Å². The molecule has 4 fully saturated rings. The Morgan fingerprint density at radius 2 is 2.07 bits per heavy atom. The molecule has 1 aromatic rings. The second kappa shape index (κ2) is 8.27. The number of hydrogen-bond acceptors (Lipinski definition) is 4. The number of fused-ring (bicyclic) bond motifs is 4. The molecule has 1 aromatic carbocycles. The van der Waals surface area contributed by atoms with Gasteiger partial charge in [0, 0.05) is 51.2 Å². The molecule has 2 N–H and O–H groups in total. The number of carbonyl (C=O) groups is 2. The summed E-state index contributed by atoms with van der Waals surface area (Å²) in [6.07, 6.45) is 4.25. The fourth-order valence-electron chi connectivity index (χ4n) is 6.17. The van der Waals surface area contributed by atoms with E-state index in [-0.39, 0.29) is 41.7 Å². The van der Waals surface area contributed by atoms with Crippen LogP contribution in [0.1, 0.15) is 31.2 Å². The summed E-state index contributed by atoms with van der Waals surface area (Å²) in [5, 5.41) is 6.65. The first-order valence-electron chi connectivity index (χ1n) is 11.4. The Kier molecular flexibility index (Phi) is 5.50. The van der Waals surface area contributed by atoms with E-state index < -0.39 is 0 Å². The monoisotopic (exact) mass is 414 g/mol. The van der Waals surface area contributed by atoms with Crippen LogP contribution in [0.4, 0.5) is 4.39 Å². The van der Waals surface area contributed by atoms with Crippen molar-refractivity contribution in [3.05, 3.63) is 35.6 Å². The normalized spacial score (nSPS) is 33.9. The highest BCUT2D eigenvalue weighted by Crippen LogP contribution is 2.42. The number of benzene rings is 1. The quantitative estimate of drug-likeness (QED) is 0.779. The predicted molar refractivity (Wildman–Crippen MR) is 111 cm³/mol. The van der Waals surface area contributed by atoms with Gasteiger partial charge in [0.25, 0.3) is 0 Å². The Morgan fingerprint density at radius 3 is 2.87 bits per heavy atom. The van der Waals surface area contributed by atoms with Crippen LogP contribution in [-0.2, 0) is 16.0 Å². The molecule has 4 heterocycles. The highest BCUT2D eigenvalue weighted by molar-refractivity contribution is 5.83. The molecule has 5 atom stereocenters. The van der Waals surface area contributed by atoms with E-state index in [2.05, 4.69) is 15.5 Å². The summed E-state index contributed by atoms with van der Waals surface area (Å²) in [6.45, 7) is 3.80. The van der Waals surface area contributed by atoms with Crippen molar-refractivity contribution in [1.82, 2.24) is 20.4 Å². The van der Waals surface area contributed by atoms with Crippen LogP contribution in [0.5, 0.6) is 0 Å². The van der Waals surface area contributed by atoms with Gasteiger partial charge >= 0.3 is 0 Å². The molecular weight excluding hydrogens is 383 g/mol. The molecule has 4 aliphatic heterocycles. The zero-order valence-corrected chi connectivity index (χ0v) is 17.4. The summed E-state index contributed by atoms with van der Waals surface area (Å²) >= 11 is 0. The van der Waals surface area contributed by atoms with Gasteiger partial charge in [-0.2, -0.15) is 0 Å². The van der Waals surface area contributed by atoms with Gasteiger partial charge in [-0.05, 0) is 55.2 Å². The van der Waals surface area contributed by atoms with E-state index in [1.807, 2.05) is 11.0 Å². The van der Waals surface area contributed by atoms with E-state index >= 15 is 0 Å².